The van der Waals surface area contributed by atoms with E-state index in [2.05, 4.69) is 0 Å². The first-order chi connectivity index (χ1) is 12.6. The third-order valence-corrected chi connectivity index (χ3v) is 6.33. The largest absolute Gasteiger partial charge is 0.421 e. The van der Waals surface area contributed by atoms with Gasteiger partial charge in [-0.1, -0.05) is 13.8 Å². The van der Waals surface area contributed by atoms with Crippen LogP contribution >= 0.6 is 22.7 Å². The Kier molecular flexibility index (Phi) is 4.38. The Balaban J connectivity index is 1.95. The van der Waals surface area contributed by atoms with Crippen molar-refractivity contribution in [3.8, 4) is 21.3 Å². The van der Waals surface area contributed by atoms with Crippen LogP contribution in [0.5, 0.6) is 0 Å². The summed E-state index contributed by atoms with van der Waals surface area (Å²) in [4.78, 5) is 26.9. The Bertz CT molecular complexity index is 1110. The van der Waals surface area contributed by atoms with E-state index in [0.717, 1.165) is 33.7 Å². The van der Waals surface area contributed by atoms with Gasteiger partial charge in [-0.25, -0.2) is 9.59 Å². The highest BCUT2D eigenvalue weighted by molar-refractivity contribution is 7.14. The molecule has 6 heteroatoms. The number of thiophene rings is 2. The minimum Gasteiger partial charge on any atom is -0.421 e. The van der Waals surface area contributed by atoms with Crippen molar-refractivity contribution in [2.24, 2.45) is 0 Å². The Morgan fingerprint density at radius 3 is 1.58 bits per heavy atom. The van der Waals surface area contributed by atoms with Crippen molar-refractivity contribution in [2.45, 2.75) is 26.7 Å². The summed E-state index contributed by atoms with van der Waals surface area (Å²) in [6.45, 7) is 4.08. The molecule has 0 fully saturated rings. The zero-order valence-corrected chi connectivity index (χ0v) is 16.0. The van der Waals surface area contributed by atoms with Gasteiger partial charge in [0.05, 0.1) is 20.5 Å². The fourth-order valence-corrected chi connectivity index (χ4v) is 4.91. The van der Waals surface area contributed by atoms with Crippen LogP contribution in [0.1, 0.15) is 25.0 Å². The standard InChI is InChI=1S/C20H16O4S2/c1-3-11-5-7-25-17(11)15-9-13-14(19(21)23-15)10-16(24-20(13)22)18-12(4-2)6-8-26-18/h5-10H,3-4H2,1-2H3. The summed E-state index contributed by atoms with van der Waals surface area (Å²) in [5, 5.41) is 4.41. The number of aryl methyl sites for hydroxylation is 2. The van der Waals surface area contributed by atoms with E-state index < -0.39 is 11.3 Å². The van der Waals surface area contributed by atoms with Gasteiger partial charge in [0.25, 0.3) is 0 Å². The summed E-state index contributed by atoms with van der Waals surface area (Å²) in [5.41, 5.74) is 1.14. The Morgan fingerprint density at radius 1 is 0.769 bits per heavy atom. The second kappa shape index (κ2) is 6.70. The zero-order chi connectivity index (χ0) is 18.3. The molecular weight excluding hydrogens is 368 g/mol. The molecule has 0 amide bonds. The van der Waals surface area contributed by atoms with E-state index in [-0.39, 0.29) is 10.8 Å². The fraction of sp³-hybridized carbons (Fsp3) is 0.200. The van der Waals surface area contributed by atoms with Crippen LogP contribution in [-0.2, 0) is 12.8 Å². The van der Waals surface area contributed by atoms with Gasteiger partial charge < -0.3 is 8.83 Å². The molecule has 0 N–H and O–H groups in total. The van der Waals surface area contributed by atoms with Crippen LogP contribution in [0, 0.1) is 0 Å². The summed E-state index contributed by atoms with van der Waals surface area (Å²) >= 11 is 2.99. The minimum absolute atomic E-state index is 0.255. The van der Waals surface area contributed by atoms with Crippen molar-refractivity contribution in [2.75, 3.05) is 0 Å². The number of fused-ring (bicyclic) bond motifs is 1. The lowest BCUT2D eigenvalue weighted by atomic mass is 10.1. The van der Waals surface area contributed by atoms with Gasteiger partial charge in [0.1, 0.15) is 11.5 Å². The predicted octanol–water partition coefficient (Wildman–Crippen LogP) is 5.33. The van der Waals surface area contributed by atoms with Crippen LogP contribution in [0.3, 0.4) is 0 Å². The molecule has 26 heavy (non-hydrogen) atoms. The zero-order valence-electron chi connectivity index (χ0n) is 14.3. The molecule has 132 valence electrons. The van der Waals surface area contributed by atoms with Gasteiger partial charge in [0, 0.05) is 0 Å². The Hall–Kier alpha value is -2.44. The average Bonchev–Trinajstić information content (AvgIpc) is 3.30. The van der Waals surface area contributed by atoms with Crippen molar-refractivity contribution < 1.29 is 8.83 Å². The molecule has 0 aromatic carbocycles. The maximum atomic E-state index is 12.6. The molecule has 0 spiro atoms. The molecule has 0 saturated heterocycles. The third kappa shape index (κ3) is 2.75. The normalized spacial score (nSPS) is 11.3. The van der Waals surface area contributed by atoms with Crippen molar-refractivity contribution in [3.63, 3.8) is 0 Å². The second-order valence-corrected chi connectivity index (χ2v) is 7.71. The predicted molar refractivity (Wildman–Crippen MR) is 106 cm³/mol. The lowest BCUT2D eigenvalue weighted by molar-refractivity contribution is 0.520. The third-order valence-electron chi connectivity index (χ3n) is 4.39. The lowest BCUT2D eigenvalue weighted by Gasteiger charge is -2.05. The van der Waals surface area contributed by atoms with E-state index in [0.29, 0.717) is 11.5 Å². The summed E-state index contributed by atoms with van der Waals surface area (Å²) in [5.74, 6) is 0.833. The van der Waals surface area contributed by atoms with E-state index in [1.807, 2.05) is 36.7 Å². The van der Waals surface area contributed by atoms with Gasteiger partial charge in [0.2, 0.25) is 0 Å². The van der Waals surface area contributed by atoms with Crippen LogP contribution < -0.4 is 11.3 Å². The molecule has 0 unspecified atom stereocenters. The molecular formula is C20H16O4S2. The van der Waals surface area contributed by atoms with E-state index in [4.69, 9.17) is 8.83 Å². The molecule has 0 saturated carbocycles. The molecule has 4 aromatic heterocycles. The number of rotatable bonds is 4. The smallest absolute Gasteiger partial charge is 0.344 e. The highest BCUT2D eigenvalue weighted by Crippen LogP contribution is 2.33. The van der Waals surface area contributed by atoms with Crippen LogP contribution in [0.25, 0.3) is 32.0 Å². The quantitative estimate of drug-likeness (QED) is 0.477. The van der Waals surface area contributed by atoms with E-state index in [9.17, 15) is 9.59 Å². The Morgan fingerprint density at radius 2 is 1.19 bits per heavy atom. The first-order valence-electron chi connectivity index (χ1n) is 8.37. The number of hydrogen-bond donors (Lipinski definition) is 0. The van der Waals surface area contributed by atoms with Crippen molar-refractivity contribution in [1.29, 1.82) is 0 Å². The monoisotopic (exact) mass is 384 g/mol. The molecule has 4 heterocycles. The maximum Gasteiger partial charge on any atom is 0.344 e. The first kappa shape index (κ1) is 17.0. The van der Waals surface area contributed by atoms with Crippen molar-refractivity contribution in [3.05, 3.63) is 67.0 Å². The summed E-state index contributed by atoms with van der Waals surface area (Å²) in [6.07, 6.45) is 1.65. The van der Waals surface area contributed by atoms with Gasteiger partial charge in [-0.2, -0.15) is 0 Å². The summed E-state index contributed by atoms with van der Waals surface area (Å²) in [6, 6.07) is 7.23. The van der Waals surface area contributed by atoms with Gasteiger partial charge >= 0.3 is 11.3 Å². The van der Waals surface area contributed by atoms with Crippen molar-refractivity contribution in [1.82, 2.24) is 0 Å². The minimum atomic E-state index is -0.517. The molecule has 4 nitrogen and oxygen atoms in total. The van der Waals surface area contributed by atoms with Gasteiger partial charge in [-0.3, -0.25) is 0 Å². The van der Waals surface area contributed by atoms with E-state index in [1.54, 1.807) is 12.1 Å². The van der Waals surface area contributed by atoms with E-state index >= 15 is 0 Å². The van der Waals surface area contributed by atoms with Crippen molar-refractivity contribution >= 4 is 33.4 Å². The highest BCUT2D eigenvalue weighted by Gasteiger charge is 2.17. The molecule has 0 radical (unpaired) electrons. The van der Waals surface area contributed by atoms with E-state index in [1.165, 1.54) is 22.7 Å². The van der Waals surface area contributed by atoms with Crippen LogP contribution in [0.4, 0.5) is 0 Å². The first-order valence-corrected chi connectivity index (χ1v) is 10.1. The van der Waals surface area contributed by atoms with Crippen LogP contribution in [-0.4, -0.2) is 0 Å². The molecule has 0 atom stereocenters. The molecule has 4 aromatic rings. The van der Waals surface area contributed by atoms with Crippen LogP contribution in [0.15, 0.2) is 53.4 Å². The molecule has 0 aliphatic rings. The average molecular weight is 384 g/mol. The SMILES string of the molecule is CCc1ccsc1-c1cc2c(=O)oc(-c3sccc3CC)cc2c(=O)o1. The summed E-state index contributed by atoms with van der Waals surface area (Å²) in [7, 11) is 0. The molecule has 0 aliphatic carbocycles. The fourth-order valence-electron chi connectivity index (χ4n) is 3.01. The topological polar surface area (TPSA) is 60.4 Å². The summed E-state index contributed by atoms with van der Waals surface area (Å²) < 4.78 is 11.1. The van der Waals surface area contributed by atoms with Gasteiger partial charge in [0.15, 0.2) is 0 Å². The number of hydrogen-bond acceptors (Lipinski definition) is 6. The second-order valence-electron chi connectivity index (χ2n) is 5.88. The lowest BCUT2D eigenvalue weighted by Crippen LogP contribution is -2.08. The van der Waals surface area contributed by atoms with Gasteiger partial charge in [-0.15, -0.1) is 22.7 Å². The molecule has 4 rings (SSSR count). The Labute approximate surface area is 157 Å². The van der Waals surface area contributed by atoms with Crippen LogP contribution in [0.2, 0.25) is 0 Å². The highest BCUT2D eigenvalue weighted by atomic mass is 32.1. The van der Waals surface area contributed by atoms with Gasteiger partial charge in [-0.05, 0) is 59.0 Å². The maximum absolute atomic E-state index is 12.6. The molecule has 0 aliphatic heterocycles. The molecule has 0 bridgehead atoms.